The second kappa shape index (κ2) is 7.32. The number of methoxy groups -OCH3 is 1. The van der Waals surface area contributed by atoms with Gasteiger partial charge in [0.2, 0.25) is 5.78 Å². The van der Waals surface area contributed by atoms with Crippen LogP contribution in [0.15, 0.2) is 12.3 Å². The number of carbonyl (C=O) groups is 3. The molecule has 0 fully saturated rings. The third-order valence-corrected chi connectivity index (χ3v) is 1.73. The molecule has 0 aromatic carbocycles. The van der Waals surface area contributed by atoms with E-state index >= 15 is 0 Å². The van der Waals surface area contributed by atoms with Gasteiger partial charge in [0.15, 0.2) is 5.78 Å². The first-order valence-corrected chi connectivity index (χ1v) is 5.18. The molecule has 6 heteroatoms. The van der Waals surface area contributed by atoms with Gasteiger partial charge in [0, 0.05) is 13.2 Å². The first kappa shape index (κ1) is 15.0. The van der Waals surface area contributed by atoms with Crippen LogP contribution in [0.1, 0.15) is 30.8 Å². The van der Waals surface area contributed by atoms with Gasteiger partial charge in [-0.2, -0.15) is 5.10 Å². The van der Waals surface area contributed by atoms with E-state index in [2.05, 4.69) is 9.84 Å². The molecule has 1 aromatic heterocycles. The Morgan fingerprint density at radius 3 is 2.35 bits per heavy atom. The molecule has 1 rings (SSSR count). The number of Topliss-reactive ketones (excluding diaryl/α,β-unsaturated/α-hetero) is 2. The van der Waals surface area contributed by atoms with Gasteiger partial charge in [-0.05, 0) is 6.07 Å². The van der Waals surface area contributed by atoms with Crippen molar-refractivity contribution in [3.8, 4) is 0 Å². The Labute approximate surface area is 99.6 Å². The van der Waals surface area contributed by atoms with Crippen LogP contribution >= 0.6 is 0 Å². The van der Waals surface area contributed by atoms with Crippen LogP contribution in [0.25, 0.3) is 0 Å². The Bertz CT molecular complexity index is 409. The molecule has 1 aromatic rings. The summed E-state index contributed by atoms with van der Waals surface area (Å²) in [6.07, 6.45) is 1.07. The fourth-order valence-electron chi connectivity index (χ4n) is 0.986. The first-order chi connectivity index (χ1) is 8.04. The second-order valence-electron chi connectivity index (χ2n) is 2.89. The van der Waals surface area contributed by atoms with Gasteiger partial charge in [-0.3, -0.25) is 14.3 Å². The fraction of sp³-hybridized carbons (Fsp3) is 0.455. The van der Waals surface area contributed by atoms with Gasteiger partial charge in [0.1, 0.15) is 5.69 Å². The van der Waals surface area contributed by atoms with E-state index in [1.54, 1.807) is 13.2 Å². The number of aromatic nitrogens is 2. The van der Waals surface area contributed by atoms with Crippen molar-refractivity contribution in [2.24, 2.45) is 7.05 Å². The molecular formula is C11H16N2O4. The summed E-state index contributed by atoms with van der Waals surface area (Å²) in [5, 5.41) is 3.81. The van der Waals surface area contributed by atoms with E-state index in [1.807, 2.05) is 13.8 Å². The third kappa shape index (κ3) is 4.58. The highest BCUT2D eigenvalue weighted by atomic mass is 16.5. The Kier molecular flexibility index (Phi) is 6.47. The number of esters is 1. The Morgan fingerprint density at radius 2 is 1.94 bits per heavy atom. The van der Waals surface area contributed by atoms with Gasteiger partial charge in [-0.25, -0.2) is 4.79 Å². The van der Waals surface area contributed by atoms with Crippen molar-refractivity contribution in [3.05, 3.63) is 18.0 Å². The summed E-state index contributed by atoms with van der Waals surface area (Å²) >= 11 is 0. The fourth-order valence-corrected chi connectivity index (χ4v) is 0.986. The summed E-state index contributed by atoms with van der Waals surface area (Å²) in [7, 11) is 2.74. The molecule has 0 N–H and O–H groups in total. The first-order valence-electron chi connectivity index (χ1n) is 5.18. The van der Waals surface area contributed by atoms with Crippen LogP contribution in [0, 0.1) is 0 Å². The zero-order valence-corrected chi connectivity index (χ0v) is 10.4. The van der Waals surface area contributed by atoms with Crippen molar-refractivity contribution in [3.63, 3.8) is 0 Å². The number of ketones is 2. The van der Waals surface area contributed by atoms with Gasteiger partial charge in [0.05, 0.1) is 13.5 Å². The molecule has 0 atom stereocenters. The molecule has 0 spiro atoms. The van der Waals surface area contributed by atoms with E-state index in [4.69, 9.17) is 0 Å². The number of rotatable bonds is 4. The summed E-state index contributed by atoms with van der Waals surface area (Å²) in [6, 6.07) is 1.48. The van der Waals surface area contributed by atoms with Gasteiger partial charge in [0.25, 0.3) is 0 Å². The Balaban J connectivity index is 0.00000121. The van der Waals surface area contributed by atoms with Crippen LogP contribution in [0.2, 0.25) is 0 Å². The highest BCUT2D eigenvalue weighted by Gasteiger charge is 2.20. The summed E-state index contributed by atoms with van der Waals surface area (Å²) < 4.78 is 5.63. The molecule has 94 valence electrons. The summed E-state index contributed by atoms with van der Waals surface area (Å²) in [5.41, 5.74) is 0.162. The minimum atomic E-state index is -1.01. The van der Waals surface area contributed by atoms with Crippen molar-refractivity contribution < 1.29 is 19.1 Å². The quantitative estimate of drug-likeness (QED) is 0.336. The molecule has 6 nitrogen and oxygen atoms in total. The van der Waals surface area contributed by atoms with Crippen LogP contribution in [0.5, 0.6) is 0 Å². The van der Waals surface area contributed by atoms with Crippen LogP contribution in [0.4, 0.5) is 0 Å². The predicted molar refractivity (Wildman–Crippen MR) is 60.5 cm³/mol. The number of hydrogen-bond donors (Lipinski definition) is 0. The lowest BCUT2D eigenvalue weighted by atomic mass is 10.1. The molecule has 0 saturated carbocycles. The average Bonchev–Trinajstić information content (AvgIpc) is 2.77. The van der Waals surface area contributed by atoms with Crippen molar-refractivity contribution in [1.82, 2.24) is 9.78 Å². The maximum atomic E-state index is 11.4. The molecule has 0 aliphatic carbocycles. The number of aryl methyl sites for hydroxylation is 1. The van der Waals surface area contributed by atoms with Crippen molar-refractivity contribution in [1.29, 1.82) is 0 Å². The molecule has 0 radical (unpaired) electrons. The molecule has 0 bridgehead atoms. The number of nitrogens with zero attached hydrogens (tertiary/aromatic N) is 2. The lowest BCUT2D eigenvalue weighted by Crippen LogP contribution is -2.19. The van der Waals surface area contributed by atoms with Crippen LogP contribution in [-0.4, -0.2) is 34.4 Å². The lowest BCUT2D eigenvalue weighted by Gasteiger charge is -1.96. The van der Waals surface area contributed by atoms with Crippen molar-refractivity contribution in [2.75, 3.05) is 7.11 Å². The molecule has 0 amide bonds. The number of carbonyl (C=O) groups excluding carboxylic acids is 3. The van der Waals surface area contributed by atoms with Crippen LogP contribution < -0.4 is 0 Å². The van der Waals surface area contributed by atoms with Gasteiger partial charge in [-0.15, -0.1) is 0 Å². The standard InChI is InChI=1S/C9H10N2O4.C2H6/c1-11-4-3-6(10-11)7(12)5-8(13)9(14)15-2;1-2/h3-4H,5H2,1-2H3;1-2H3. The summed E-state index contributed by atoms with van der Waals surface area (Å²) in [5.74, 6) is -2.38. The molecule has 0 aliphatic rings. The van der Waals surface area contributed by atoms with Gasteiger partial charge < -0.3 is 4.74 Å². The summed E-state index contributed by atoms with van der Waals surface area (Å²) in [6.45, 7) is 4.00. The van der Waals surface area contributed by atoms with E-state index < -0.39 is 24.0 Å². The highest BCUT2D eigenvalue weighted by molar-refractivity contribution is 6.37. The van der Waals surface area contributed by atoms with E-state index in [9.17, 15) is 14.4 Å². The smallest absolute Gasteiger partial charge is 0.374 e. The van der Waals surface area contributed by atoms with E-state index in [0.717, 1.165) is 7.11 Å². The van der Waals surface area contributed by atoms with E-state index in [0.29, 0.717) is 0 Å². The van der Waals surface area contributed by atoms with Crippen LogP contribution in [-0.2, 0) is 21.4 Å². The van der Waals surface area contributed by atoms with Crippen molar-refractivity contribution in [2.45, 2.75) is 20.3 Å². The van der Waals surface area contributed by atoms with Gasteiger partial charge in [-0.1, -0.05) is 13.8 Å². The molecule has 0 aliphatic heterocycles. The minimum absolute atomic E-state index is 0.162. The SMILES string of the molecule is CC.COC(=O)C(=O)CC(=O)c1ccn(C)n1. The zero-order valence-electron chi connectivity index (χ0n) is 10.4. The maximum absolute atomic E-state index is 11.4. The molecule has 1 heterocycles. The molecule has 0 saturated heterocycles. The normalized spacial score (nSPS) is 8.94. The topological polar surface area (TPSA) is 78.3 Å². The van der Waals surface area contributed by atoms with Crippen LogP contribution in [0.3, 0.4) is 0 Å². The summed E-state index contributed by atoms with van der Waals surface area (Å²) in [4.78, 5) is 33.2. The number of ether oxygens (including phenoxy) is 1. The monoisotopic (exact) mass is 240 g/mol. The lowest BCUT2D eigenvalue weighted by molar-refractivity contribution is -0.151. The Hall–Kier alpha value is -1.98. The maximum Gasteiger partial charge on any atom is 0.374 e. The molecular weight excluding hydrogens is 224 g/mol. The largest absolute Gasteiger partial charge is 0.463 e. The Morgan fingerprint density at radius 1 is 1.35 bits per heavy atom. The third-order valence-electron chi connectivity index (χ3n) is 1.73. The minimum Gasteiger partial charge on any atom is -0.463 e. The van der Waals surface area contributed by atoms with E-state index in [1.165, 1.54) is 10.7 Å². The number of hydrogen-bond acceptors (Lipinski definition) is 5. The second-order valence-corrected chi connectivity index (χ2v) is 2.89. The molecule has 17 heavy (non-hydrogen) atoms. The van der Waals surface area contributed by atoms with E-state index in [-0.39, 0.29) is 5.69 Å². The predicted octanol–water partition coefficient (Wildman–Crippen LogP) is 0.761. The van der Waals surface area contributed by atoms with Crippen molar-refractivity contribution >= 4 is 17.5 Å². The highest BCUT2D eigenvalue weighted by Crippen LogP contribution is 2.00. The average molecular weight is 240 g/mol. The molecule has 0 unspecified atom stereocenters. The van der Waals surface area contributed by atoms with Gasteiger partial charge >= 0.3 is 5.97 Å². The zero-order chi connectivity index (χ0) is 13.4.